The van der Waals surface area contributed by atoms with E-state index < -0.39 is 0 Å². The molecular formula is C16H23N3O. The molecule has 2 heterocycles. The van der Waals surface area contributed by atoms with Crippen LogP contribution in [-0.4, -0.2) is 48.6 Å². The van der Waals surface area contributed by atoms with E-state index in [1.165, 1.54) is 5.56 Å². The third-order valence-corrected chi connectivity index (χ3v) is 4.43. The van der Waals surface area contributed by atoms with Crippen LogP contribution < -0.4 is 5.32 Å². The third kappa shape index (κ3) is 2.80. The zero-order chi connectivity index (χ0) is 13.9. The predicted octanol–water partition coefficient (Wildman–Crippen LogP) is 1.78. The highest BCUT2D eigenvalue weighted by atomic mass is 16.2. The van der Waals surface area contributed by atoms with Crippen molar-refractivity contribution in [1.29, 1.82) is 0 Å². The monoisotopic (exact) mass is 273 g/mol. The number of urea groups is 1. The van der Waals surface area contributed by atoms with Crippen LogP contribution in [0.2, 0.25) is 0 Å². The van der Waals surface area contributed by atoms with Crippen molar-refractivity contribution < 1.29 is 4.79 Å². The van der Waals surface area contributed by atoms with Gasteiger partial charge < -0.3 is 10.2 Å². The highest BCUT2D eigenvalue weighted by Crippen LogP contribution is 2.31. The van der Waals surface area contributed by atoms with Crippen molar-refractivity contribution in [3.8, 4) is 0 Å². The number of likely N-dealkylation sites (tertiary alicyclic amines) is 2. The molecule has 0 aliphatic carbocycles. The summed E-state index contributed by atoms with van der Waals surface area (Å²) >= 11 is 0. The first-order chi connectivity index (χ1) is 9.76. The van der Waals surface area contributed by atoms with Gasteiger partial charge >= 0.3 is 6.03 Å². The molecule has 0 saturated carbocycles. The lowest BCUT2D eigenvalue weighted by Crippen LogP contribution is -2.40. The van der Waals surface area contributed by atoms with E-state index >= 15 is 0 Å². The number of rotatable bonds is 3. The topological polar surface area (TPSA) is 35.6 Å². The van der Waals surface area contributed by atoms with E-state index in [1.54, 1.807) is 0 Å². The molecule has 2 unspecified atom stereocenters. The lowest BCUT2D eigenvalue weighted by molar-refractivity contribution is 0.199. The Kier molecular flexibility index (Phi) is 3.92. The second-order valence-electron chi connectivity index (χ2n) is 5.94. The Morgan fingerprint density at radius 2 is 1.80 bits per heavy atom. The molecule has 4 heteroatoms. The maximum Gasteiger partial charge on any atom is 0.317 e. The second kappa shape index (κ2) is 5.83. The maximum atomic E-state index is 11.9. The van der Waals surface area contributed by atoms with E-state index in [9.17, 15) is 4.79 Å². The smallest absolute Gasteiger partial charge is 0.317 e. The van der Waals surface area contributed by atoms with Gasteiger partial charge in [-0.15, -0.1) is 0 Å². The van der Waals surface area contributed by atoms with E-state index in [0.717, 1.165) is 32.7 Å². The standard InChI is InChI=1S/C16H23N3O/c1-2-17-16(20)19-11-14-9-18(10-15(14)12-19)8-13-6-4-3-5-7-13/h3-7,14-15H,2,8-12H2,1H3,(H,17,20). The van der Waals surface area contributed by atoms with Crippen LogP contribution in [0.3, 0.4) is 0 Å². The number of hydrogen-bond donors (Lipinski definition) is 1. The molecule has 2 aliphatic rings. The molecule has 1 aromatic carbocycles. The lowest BCUT2D eigenvalue weighted by Gasteiger charge is -2.21. The molecule has 2 aliphatic heterocycles. The Morgan fingerprint density at radius 1 is 1.15 bits per heavy atom. The molecule has 3 rings (SSSR count). The van der Waals surface area contributed by atoms with Crippen molar-refractivity contribution in [2.45, 2.75) is 13.5 Å². The summed E-state index contributed by atoms with van der Waals surface area (Å²) in [6, 6.07) is 10.7. The van der Waals surface area contributed by atoms with Crippen molar-refractivity contribution in [2.75, 3.05) is 32.7 Å². The first kappa shape index (κ1) is 13.4. The zero-order valence-electron chi connectivity index (χ0n) is 12.1. The molecule has 1 aromatic rings. The number of benzene rings is 1. The van der Waals surface area contributed by atoms with Gasteiger partial charge in [-0.05, 0) is 24.3 Å². The van der Waals surface area contributed by atoms with Crippen LogP contribution >= 0.6 is 0 Å². The summed E-state index contributed by atoms with van der Waals surface area (Å²) in [5, 5.41) is 2.90. The summed E-state index contributed by atoms with van der Waals surface area (Å²) in [7, 11) is 0. The van der Waals surface area contributed by atoms with Gasteiger partial charge in [0.05, 0.1) is 0 Å². The molecule has 0 bridgehead atoms. The van der Waals surface area contributed by atoms with Crippen LogP contribution in [0.15, 0.2) is 30.3 Å². The Morgan fingerprint density at radius 3 is 2.40 bits per heavy atom. The van der Waals surface area contributed by atoms with Crippen LogP contribution in [-0.2, 0) is 6.54 Å². The van der Waals surface area contributed by atoms with Gasteiger partial charge in [0.15, 0.2) is 0 Å². The molecule has 4 nitrogen and oxygen atoms in total. The van der Waals surface area contributed by atoms with Crippen LogP contribution in [0.4, 0.5) is 4.79 Å². The number of carbonyl (C=O) groups is 1. The SMILES string of the molecule is CCNC(=O)N1CC2CN(Cc3ccccc3)CC2C1. The largest absolute Gasteiger partial charge is 0.338 e. The first-order valence-electron chi connectivity index (χ1n) is 7.55. The van der Waals surface area contributed by atoms with Crippen molar-refractivity contribution in [3.63, 3.8) is 0 Å². The zero-order valence-corrected chi connectivity index (χ0v) is 12.1. The summed E-state index contributed by atoms with van der Waals surface area (Å²) in [6.45, 7) is 7.80. The number of nitrogens with one attached hydrogen (secondary N) is 1. The number of fused-ring (bicyclic) bond motifs is 1. The van der Waals surface area contributed by atoms with Gasteiger partial charge in [-0.1, -0.05) is 30.3 Å². The van der Waals surface area contributed by atoms with E-state index in [0.29, 0.717) is 18.4 Å². The van der Waals surface area contributed by atoms with Gasteiger partial charge in [0.25, 0.3) is 0 Å². The van der Waals surface area contributed by atoms with Gasteiger partial charge in [0.2, 0.25) is 0 Å². The third-order valence-electron chi connectivity index (χ3n) is 4.43. The van der Waals surface area contributed by atoms with Gasteiger partial charge in [-0.25, -0.2) is 4.79 Å². The fourth-order valence-electron chi connectivity index (χ4n) is 3.49. The van der Waals surface area contributed by atoms with Crippen molar-refractivity contribution in [2.24, 2.45) is 11.8 Å². The molecule has 1 N–H and O–H groups in total. The molecule has 0 aromatic heterocycles. The molecule has 20 heavy (non-hydrogen) atoms. The normalized spacial score (nSPS) is 25.8. The highest BCUT2D eigenvalue weighted by Gasteiger charge is 2.41. The number of nitrogens with zero attached hydrogens (tertiary/aromatic N) is 2. The van der Waals surface area contributed by atoms with Crippen molar-refractivity contribution in [3.05, 3.63) is 35.9 Å². The highest BCUT2D eigenvalue weighted by molar-refractivity contribution is 5.74. The second-order valence-corrected chi connectivity index (χ2v) is 5.94. The quantitative estimate of drug-likeness (QED) is 0.911. The van der Waals surface area contributed by atoms with Crippen molar-refractivity contribution >= 4 is 6.03 Å². The van der Waals surface area contributed by atoms with Crippen LogP contribution in [0, 0.1) is 11.8 Å². The Bertz CT molecular complexity index is 448. The number of carbonyl (C=O) groups excluding carboxylic acids is 1. The summed E-state index contributed by atoms with van der Waals surface area (Å²) in [6.07, 6.45) is 0. The molecule has 2 atom stereocenters. The average Bonchev–Trinajstić information content (AvgIpc) is 2.98. The molecule has 0 spiro atoms. The Balaban J connectivity index is 1.52. The summed E-state index contributed by atoms with van der Waals surface area (Å²) < 4.78 is 0. The van der Waals surface area contributed by atoms with Gasteiger partial charge in [0.1, 0.15) is 0 Å². The first-order valence-corrected chi connectivity index (χ1v) is 7.55. The van der Waals surface area contributed by atoms with E-state index in [-0.39, 0.29) is 6.03 Å². The molecule has 2 saturated heterocycles. The maximum absolute atomic E-state index is 11.9. The fourth-order valence-corrected chi connectivity index (χ4v) is 3.49. The van der Waals surface area contributed by atoms with E-state index in [4.69, 9.17) is 0 Å². The fraction of sp³-hybridized carbons (Fsp3) is 0.562. The summed E-state index contributed by atoms with van der Waals surface area (Å²) in [4.78, 5) is 16.4. The number of hydrogen-bond acceptors (Lipinski definition) is 2. The minimum atomic E-state index is 0.108. The summed E-state index contributed by atoms with van der Waals surface area (Å²) in [5.74, 6) is 1.31. The molecule has 2 amide bonds. The summed E-state index contributed by atoms with van der Waals surface area (Å²) in [5.41, 5.74) is 1.38. The van der Waals surface area contributed by atoms with Crippen LogP contribution in [0.1, 0.15) is 12.5 Å². The minimum Gasteiger partial charge on any atom is -0.338 e. The predicted molar refractivity (Wildman–Crippen MR) is 79.3 cm³/mol. The van der Waals surface area contributed by atoms with Gasteiger partial charge in [0, 0.05) is 39.3 Å². The number of amides is 2. The molecule has 0 radical (unpaired) electrons. The lowest BCUT2D eigenvalue weighted by atomic mass is 10.0. The van der Waals surface area contributed by atoms with E-state index in [1.807, 2.05) is 11.8 Å². The molecular weight excluding hydrogens is 250 g/mol. The van der Waals surface area contributed by atoms with E-state index in [2.05, 4.69) is 40.5 Å². The van der Waals surface area contributed by atoms with Crippen LogP contribution in [0.5, 0.6) is 0 Å². The minimum absolute atomic E-state index is 0.108. The van der Waals surface area contributed by atoms with Crippen molar-refractivity contribution in [1.82, 2.24) is 15.1 Å². The Hall–Kier alpha value is -1.55. The molecule has 108 valence electrons. The van der Waals surface area contributed by atoms with Gasteiger partial charge in [-0.3, -0.25) is 4.90 Å². The van der Waals surface area contributed by atoms with Crippen LogP contribution in [0.25, 0.3) is 0 Å². The molecule has 2 fully saturated rings. The Labute approximate surface area is 120 Å². The average molecular weight is 273 g/mol. The van der Waals surface area contributed by atoms with Gasteiger partial charge in [-0.2, -0.15) is 0 Å².